The van der Waals surface area contributed by atoms with E-state index in [9.17, 15) is 0 Å². The number of rotatable bonds is 4. The molecule has 0 unspecified atom stereocenters. The van der Waals surface area contributed by atoms with E-state index in [2.05, 4.69) is 29.9 Å². The van der Waals surface area contributed by atoms with Crippen LogP contribution in [0.4, 0.5) is 5.82 Å². The molecule has 0 amide bonds. The largest absolute Gasteiger partial charge is 0.363 e. The molecule has 0 aliphatic carbocycles. The smallest absolute Gasteiger partial charge is 0.126 e. The summed E-state index contributed by atoms with van der Waals surface area (Å²) in [6.45, 7) is 4.92. The van der Waals surface area contributed by atoms with Crippen LogP contribution < -0.4 is 10.6 Å². The van der Waals surface area contributed by atoms with Gasteiger partial charge in [0.25, 0.3) is 0 Å². The molecule has 1 heterocycles. The van der Waals surface area contributed by atoms with Gasteiger partial charge < -0.3 is 10.6 Å². The molecule has 4 heteroatoms. The zero-order valence-electron chi connectivity index (χ0n) is 9.49. The predicted molar refractivity (Wildman–Crippen MR) is 59.7 cm³/mol. The van der Waals surface area contributed by atoms with Gasteiger partial charge in [0.1, 0.15) is 5.82 Å². The van der Waals surface area contributed by atoms with Gasteiger partial charge in [-0.2, -0.15) is 5.10 Å². The van der Waals surface area contributed by atoms with Gasteiger partial charge in [0.15, 0.2) is 0 Å². The lowest BCUT2D eigenvalue weighted by Gasteiger charge is -2.16. The van der Waals surface area contributed by atoms with Gasteiger partial charge in [-0.3, -0.25) is 0 Å². The van der Waals surface area contributed by atoms with Crippen LogP contribution >= 0.6 is 0 Å². The number of hydrogen-bond donors (Lipinski definition) is 1. The summed E-state index contributed by atoms with van der Waals surface area (Å²) in [5, 5.41) is 4.52. The molecule has 0 aliphatic rings. The van der Waals surface area contributed by atoms with Crippen molar-refractivity contribution < 1.29 is 0 Å². The third-order valence-electron chi connectivity index (χ3n) is 2.11. The molecule has 1 rings (SSSR count). The topological polar surface area (TPSA) is 47.1 Å². The zero-order chi connectivity index (χ0) is 10.7. The fourth-order valence-corrected chi connectivity index (χ4v) is 1.42. The summed E-state index contributed by atoms with van der Waals surface area (Å²) in [4.78, 5) is 2.08. The molecule has 80 valence electrons. The molecule has 0 saturated heterocycles. The molecule has 0 radical (unpaired) electrons. The molecule has 4 nitrogen and oxygen atoms in total. The van der Waals surface area contributed by atoms with Gasteiger partial charge in [-0.1, -0.05) is 0 Å². The van der Waals surface area contributed by atoms with E-state index in [0.29, 0.717) is 12.6 Å². The summed E-state index contributed by atoms with van der Waals surface area (Å²) >= 11 is 0. The van der Waals surface area contributed by atoms with Gasteiger partial charge in [0, 0.05) is 32.6 Å². The van der Waals surface area contributed by atoms with Gasteiger partial charge in [0.2, 0.25) is 0 Å². The van der Waals surface area contributed by atoms with Crippen LogP contribution in [-0.2, 0) is 6.42 Å². The van der Waals surface area contributed by atoms with E-state index in [4.69, 9.17) is 5.73 Å². The van der Waals surface area contributed by atoms with Gasteiger partial charge in [-0.25, -0.2) is 4.68 Å². The van der Waals surface area contributed by atoms with Crippen molar-refractivity contribution in [2.75, 3.05) is 25.5 Å². The SMILES string of the molecule is CC(C)n1nc(CCN)cc1N(C)C. The molecular weight excluding hydrogens is 176 g/mol. The molecule has 1 aromatic heterocycles. The van der Waals surface area contributed by atoms with Crippen molar-refractivity contribution in [2.45, 2.75) is 26.3 Å². The van der Waals surface area contributed by atoms with Crippen LogP contribution in [0, 0.1) is 0 Å². The summed E-state index contributed by atoms with van der Waals surface area (Å²) in [5.74, 6) is 1.14. The van der Waals surface area contributed by atoms with E-state index < -0.39 is 0 Å². The molecular formula is C10H20N4. The number of nitrogens with two attached hydrogens (primary N) is 1. The number of hydrogen-bond acceptors (Lipinski definition) is 3. The maximum absolute atomic E-state index is 5.51. The minimum atomic E-state index is 0.388. The standard InChI is InChI=1S/C10H20N4/c1-8(2)14-10(13(3)4)7-9(12-14)5-6-11/h7-8H,5-6,11H2,1-4H3. The number of nitrogens with zero attached hydrogens (tertiary/aromatic N) is 3. The zero-order valence-corrected chi connectivity index (χ0v) is 9.49. The van der Waals surface area contributed by atoms with Crippen LogP contribution in [0.1, 0.15) is 25.6 Å². The first-order valence-corrected chi connectivity index (χ1v) is 5.02. The summed E-state index contributed by atoms with van der Waals surface area (Å²) in [6.07, 6.45) is 0.848. The molecule has 0 saturated carbocycles. The lowest BCUT2D eigenvalue weighted by molar-refractivity contribution is 0.526. The first kappa shape index (κ1) is 11.0. The minimum absolute atomic E-state index is 0.388. The van der Waals surface area contributed by atoms with Crippen molar-refractivity contribution >= 4 is 5.82 Å². The summed E-state index contributed by atoms with van der Waals surface area (Å²) < 4.78 is 2.03. The Morgan fingerprint density at radius 2 is 2.14 bits per heavy atom. The summed E-state index contributed by atoms with van der Waals surface area (Å²) in [5.41, 5.74) is 6.58. The van der Waals surface area contributed by atoms with E-state index >= 15 is 0 Å². The molecule has 0 aliphatic heterocycles. The highest BCUT2D eigenvalue weighted by Gasteiger charge is 2.11. The Bertz CT molecular complexity index is 263. The van der Waals surface area contributed by atoms with Crippen LogP contribution in [0.25, 0.3) is 0 Å². The van der Waals surface area contributed by atoms with E-state index in [1.54, 1.807) is 0 Å². The predicted octanol–water partition coefficient (Wildman–Crippen LogP) is 1.03. The first-order chi connectivity index (χ1) is 6.56. The summed E-state index contributed by atoms with van der Waals surface area (Å²) in [7, 11) is 4.06. The van der Waals surface area contributed by atoms with Gasteiger partial charge in [-0.15, -0.1) is 0 Å². The lowest BCUT2D eigenvalue weighted by atomic mass is 10.3. The highest BCUT2D eigenvalue weighted by atomic mass is 15.4. The minimum Gasteiger partial charge on any atom is -0.363 e. The Hall–Kier alpha value is -1.03. The van der Waals surface area contributed by atoms with Crippen LogP contribution in [0.2, 0.25) is 0 Å². The fraction of sp³-hybridized carbons (Fsp3) is 0.700. The average Bonchev–Trinajstić information content (AvgIpc) is 2.49. The highest BCUT2D eigenvalue weighted by molar-refractivity contribution is 5.39. The third-order valence-corrected chi connectivity index (χ3v) is 2.11. The molecule has 0 bridgehead atoms. The van der Waals surface area contributed by atoms with Crippen LogP contribution in [-0.4, -0.2) is 30.4 Å². The second kappa shape index (κ2) is 4.46. The van der Waals surface area contributed by atoms with E-state index in [-0.39, 0.29) is 0 Å². The Morgan fingerprint density at radius 3 is 2.50 bits per heavy atom. The first-order valence-electron chi connectivity index (χ1n) is 5.02. The molecule has 1 aromatic rings. The molecule has 0 atom stereocenters. The average molecular weight is 196 g/mol. The van der Waals surface area contributed by atoms with Crippen LogP contribution in [0.15, 0.2) is 6.07 Å². The lowest BCUT2D eigenvalue weighted by Crippen LogP contribution is -2.16. The third kappa shape index (κ3) is 2.26. The van der Waals surface area contributed by atoms with Crippen molar-refractivity contribution in [2.24, 2.45) is 5.73 Å². The number of aromatic nitrogens is 2. The van der Waals surface area contributed by atoms with Crippen molar-refractivity contribution in [1.82, 2.24) is 9.78 Å². The van der Waals surface area contributed by atoms with Gasteiger partial charge in [-0.05, 0) is 20.4 Å². The Kier molecular flexibility index (Phi) is 3.52. The number of anilines is 1. The highest BCUT2D eigenvalue weighted by Crippen LogP contribution is 2.18. The van der Waals surface area contributed by atoms with E-state index in [0.717, 1.165) is 17.9 Å². The molecule has 0 aromatic carbocycles. The maximum atomic E-state index is 5.51. The van der Waals surface area contributed by atoms with Gasteiger partial charge in [0.05, 0.1) is 5.69 Å². The molecule has 0 fully saturated rings. The maximum Gasteiger partial charge on any atom is 0.126 e. The van der Waals surface area contributed by atoms with E-state index in [1.165, 1.54) is 0 Å². The Morgan fingerprint density at radius 1 is 1.50 bits per heavy atom. The second-order valence-corrected chi connectivity index (χ2v) is 3.97. The van der Waals surface area contributed by atoms with Gasteiger partial charge >= 0.3 is 0 Å². The Balaban J connectivity index is 3.00. The fourth-order valence-electron chi connectivity index (χ4n) is 1.42. The van der Waals surface area contributed by atoms with Crippen LogP contribution in [0.3, 0.4) is 0 Å². The molecule has 0 spiro atoms. The second-order valence-electron chi connectivity index (χ2n) is 3.97. The quantitative estimate of drug-likeness (QED) is 0.782. The molecule has 2 N–H and O–H groups in total. The van der Waals surface area contributed by atoms with Crippen molar-refractivity contribution in [3.8, 4) is 0 Å². The normalized spacial score (nSPS) is 11.0. The van der Waals surface area contributed by atoms with Crippen molar-refractivity contribution in [3.05, 3.63) is 11.8 Å². The Labute approximate surface area is 85.7 Å². The summed E-state index contributed by atoms with van der Waals surface area (Å²) in [6, 6.07) is 2.49. The van der Waals surface area contributed by atoms with Crippen LogP contribution in [0.5, 0.6) is 0 Å². The monoisotopic (exact) mass is 196 g/mol. The van der Waals surface area contributed by atoms with E-state index in [1.807, 2.05) is 18.8 Å². The molecule has 14 heavy (non-hydrogen) atoms. The van der Waals surface area contributed by atoms with Crippen molar-refractivity contribution in [1.29, 1.82) is 0 Å². The van der Waals surface area contributed by atoms with Crippen molar-refractivity contribution in [3.63, 3.8) is 0 Å².